The van der Waals surface area contributed by atoms with E-state index >= 15 is 0 Å². The van der Waals surface area contributed by atoms with E-state index in [-0.39, 0.29) is 50.8 Å². The van der Waals surface area contributed by atoms with Crippen LogP contribution in [0.3, 0.4) is 0 Å². The summed E-state index contributed by atoms with van der Waals surface area (Å²) in [5.41, 5.74) is -1.05. The fraction of sp³-hybridized carbons (Fsp3) is 0.611. The summed E-state index contributed by atoms with van der Waals surface area (Å²) in [5.74, 6) is -2.40. The van der Waals surface area contributed by atoms with E-state index in [0.717, 1.165) is 6.07 Å². The zero-order chi connectivity index (χ0) is 41.8. The SMILES string of the molecule is COc1cc2c(c(OC)c1OC)C(=O)c1c(cc(O[C@@H]3O[C@H](CO[C@@H]4O[C@H](CO[C@@H]5O[C@@H](C)[C@H](O)[C@@H](O)[C@H]5O)[C@@H](O)[C@H](O)[C@H]4O)[C@H](O)[C@H](O)[C@H]3O)c(C)c1O)C2=O. The van der Waals surface area contributed by atoms with Crippen LogP contribution in [0.2, 0.25) is 0 Å². The summed E-state index contributed by atoms with van der Waals surface area (Å²) < 4.78 is 49.7. The molecule has 4 aliphatic rings. The highest BCUT2D eigenvalue weighted by Crippen LogP contribution is 2.48. The Hall–Kier alpha value is -3.78. The summed E-state index contributed by atoms with van der Waals surface area (Å²) in [5, 5.41) is 106. The minimum Gasteiger partial charge on any atom is -0.507 e. The maximum atomic E-state index is 13.9. The van der Waals surface area contributed by atoms with Gasteiger partial charge in [0.25, 0.3) is 0 Å². The zero-order valence-corrected chi connectivity index (χ0v) is 31.2. The van der Waals surface area contributed by atoms with Crippen LogP contribution in [0.4, 0.5) is 0 Å². The van der Waals surface area contributed by atoms with Crippen molar-refractivity contribution < 1.29 is 103 Å². The molecule has 57 heavy (non-hydrogen) atoms. The summed E-state index contributed by atoms with van der Waals surface area (Å²) in [7, 11) is 3.90. The Morgan fingerprint density at radius 1 is 0.561 bits per heavy atom. The molecular formula is C36H46O21. The summed E-state index contributed by atoms with van der Waals surface area (Å²) >= 11 is 0. The number of carbonyl (C=O) groups is 2. The second-order valence-electron chi connectivity index (χ2n) is 14.0. The first-order valence-electron chi connectivity index (χ1n) is 17.7. The van der Waals surface area contributed by atoms with E-state index in [9.17, 15) is 60.7 Å². The third kappa shape index (κ3) is 7.53. The summed E-state index contributed by atoms with van der Waals surface area (Å²) in [6, 6.07) is 2.42. The van der Waals surface area contributed by atoms with Crippen molar-refractivity contribution in [1.82, 2.24) is 0 Å². The first kappa shape index (κ1) is 42.8. The van der Waals surface area contributed by atoms with Crippen LogP contribution in [-0.4, -0.2) is 189 Å². The van der Waals surface area contributed by atoms with Gasteiger partial charge in [-0.05, 0) is 26.0 Å². The highest BCUT2D eigenvalue weighted by atomic mass is 16.7. The molecular weight excluding hydrogens is 768 g/mol. The molecule has 1 aliphatic carbocycles. The molecule has 0 aromatic heterocycles. The molecule has 10 N–H and O–H groups in total. The molecule has 21 heteroatoms. The summed E-state index contributed by atoms with van der Waals surface area (Å²) in [6.07, 6.45) is -24.8. The van der Waals surface area contributed by atoms with E-state index < -0.39 is 123 Å². The number of aliphatic hydroxyl groups is 9. The van der Waals surface area contributed by atoms with Crippen molar-refractivity contribution in [3.8, 4) is 28.7 Å². The number of ketones is 2. The lowest BCUT2D eigenvalue weighted by Crippen LogP contribution is -2.62. The minimum atomic E-state index is -1.93. The van der Waals surface area contributed by atoms with E-state index in [0.29, 0.717) is 0 Å². The predicted molar refractivity (Wildman–Crippen MR) is 184 cm³/mol. The Morgan fingerprint density at radius 3 is 1.58 bits per heavy atom. The van der Waals surface area contributed by atoms with Crippen LogP contribution in [0.5, 0.6) is 28.7 Å². The quantitative estimate of drug-likeness (QED) is 0.0892. The molecule has 21 nitrogen and oxygen atoms in total. The molecule has 3 fully saturated rings. The van der Waals surface area contributed by atoms with Crippen molar-refractivity contribution in [1.29, 1.82) is 0 Å². The highest BCUT2D eigenvalue weighted by molar-refractivity contribution is 6.31. The van der Waals surface area contributed by atoms with Crippen LogP contribution >= 0.6 is 0 Å². The lowest BCUT2D eigenvalue weighted by Gasteiger charge is -2.43. The highest BCUT2D eigenvalue weighted by Gasteiger charge is 2.50. The third-order valence-corrected chi connectivity index (χ3v) is 10.5. The maximum Gasteiger partial charge on any atom is 0.229 e. The molecule has 3 heterocycles. The fourth-order valence-electron chi connectivity index (χ4n) is 7.10. The predicted octanol–water partition coefficient (Wildman–Crippen LogP) is -3.64. The first-order valence-corrected chi connectivity index (χ1v) is 17.7. The minimum absolute atomic E-state index is 0.0401. The number of phenols is 1. The van der Waals surface area contributed by atoms with Crippen molar-refractivity contribution in [3.05, 3.63) is 39.9 Å². The largest absolute Gasteiger partial charge is 0.507 e. The Morgan fingerprint density at radius 2 is 1.04 bits per heavy atom. The zero-order valence-electron chi connectivity index (χ0n) is 31.2. The number of methoxy groups -OCH3 is 3. The molecule has 2 aromatic carbocycles. The molecule has 0 bridgehead atoms. The van der Waals surface area contributed by atoms with Crippen molar-refractivity contribution >= 4 is 11.6 Å². The van der Waals surface area contributed by atoms with Gasteiger partial charge in [-0.2, -0.15) is 0 Å². The average Bonchev–Trinajstić information content (AvgIpc) is 3.20. The van der Waals surface area contributed by atoms with Gasteiger partial charge in [0, 0.05) is 16.7 Å². The number of benzene rings is 2. The number of ether oxygens (including phenoxy) is 9. The van der Waals surface area contributed by atoms with Gasteiger partial charge in [0.1, 0.15) is 78.6 Å². The molecule has 0 saturated carbocycles. The Kier molecular flexibility index (Phi) is 12.6. The second-order valence-corrected chi connectivity index (χ2v) is 14.0. The van der Waals surface area contributed by atoms with Crippen LogP contribution in [-0.2, 0) is 23.7 Å². The van der Waals surface area contributed by atoms with Crippen molar-refractivity contribution in [2.75, 3.05) is 34.5 Å². The molecule has 15 atom stereocenters. The molecule has 316 valence electrons. The Bertz CT molecular complexity index is 1820. The number of hydrogen-bond acceptors (Lipinski definition) is 21. The van der Waals surface area contributed by atoms with Crippen LogP contribution in [0, 0.1) is 6.92 Å². The third-order valence-electron chi connectivity index (χ3n) is 10.5. The molecule has 0 unspecified atom stereocenters. The van der Waals surface area contributed by atoms with Gasteiger partial charge >= 0.3 is 0 Å². The van der Waals surface area contributed by atoms with Gasteiger partial charge in [0.05, 0.1) is 51.8 Å². The van der Waals surface area contributed by atoms with Gasteiger partial charge in [-0.1, -0.05) is 0 Å². The van der Waals surface area contributed by atoms with Crippen LogP contribution in [0.15, 0.2) is 12.1 Å². The van der Waals surface area contributed by atoms with Gasteiger partial charge in [0.2, 0.25) is 17.8 Å². The number of fused-ring (bicyclic) bond motifs is 2. The number of carbonyl (C=O) groups excluding carboxylic acids is 2. The van der Waals surface area contributed by atoms with Gasteiger partial charge < -0.3 is 93.7 Å². The average molecular weight is 815 g/mol. The second kappa shape index (κ2) is 16.8. The smallest absolute Gasteiger partial charge is 0.229 e. The van der Waals surface area contributed by atoms with E-state index in [4.69, 9.17) is 42.6 Å². The van der Waals surface area contributed by atoms with E-state index in [1.807, 2.05) is 0 Å². The molecule has 0 spiro atoms. The molecule has 0 amide bonds. The van der Waals surface area contributed by atoms with Gasteiger partial charge in [-0.15, -0.1) is 0 Å². The van der Waals surface area contributed by atoms with Gasteiger partial charge in [0.15, 0.2) is 29.9 Å². The van der Waals surface area contributed by atoms with Crippen LogP contribution < -0.4 is 18.9 Å². The molecule has 3 saturated heterocycles. The summed E-state index contributed by atoms with van der Waals surface area (Å²) in [6.45, 7) is 1.50. The lowest BCUT2D eigenvalue weighted by molar-refractivity contribution is -0.337. The molecule has 3 aliphatic heterocycles. The van der Waals surface area contributed by atoms with E-state index in [2.05, 4.69) is 0 Å². The number of aromatic hydroxyl groups is 1. The van der Waals surface area contributed by atoms with Crippen molar-refractivity contribution in [2.24, 2.45) is 0 Å². The van der Waals surface area contributed by atoms with Crippen molar-refractivity contribution in [3.63, 3.8) is 0 Å². The molecule has 0 radical (unpaired) electrons. The monoisotopic (exact) mass is 814 g/mol. The summed E-state index contributed by atoms with van der Waals surface area (Å²) in [4.78, 5) is 27.7. The fourth-order valence-corrected chi connectivity index (χ4v) is 7.10. The molecule has 6 rings (SSSR count). The Labute approximate surface area is 324 Å². The standard InChI is InChI=1S/C36H46O21/c1-10-14(6-12-18(20(10)37)25(42)19-13(22(12)39)7-15(49-3)32(50-4)33(19)51-5)55-36-31(48)28(45)24(41)17(57-36)9-53-35-30(47)27(44)23(40)16(56-35)8-52-34-29(46)26(43)21(38)11(2)54-34/h6-7,11,16-17,21,23-24,26-31,34-38,40-41,43-48H,8-9H2,1-5H3/t11-,16+,17+,21-,23+,24-,26+,27-,28-,29+,30+,31+,34+,35+,36+/m0/s1. The van der Waals surface area contributed by atoms with E-state index in [1.165, 1.54) is 41.2 Å². The Balaban J connectivity index is 1.18. The number of phenolic OH excluding ortho intramolecular Hbond substituents is 1. The topological polar surface area (TPSA) is 320 Å². The number of hydrogen-bond donors (Lipinski definition) is 10. The normalized spacial score (nSPS) is 36.6. The maximum absolute atomic E-state index is 13.9. The van der Waals surface area contributed by atoms with Gasteiger partial charge in [-0.3, -0.25) is 9.59 Å². The first-order chi connectivity index (χ1) is 27.0. The van der Waals surface area contributed by atoms with Crippen molar-refractivity contribution in [2.45, 2.75) is 106 Å². The molecule has 2 aromatic rings. The lowest BCUT2D eigenvalue weighted by atomic mass is 9.81. The number of rotatable bonds is 11. The van der Waals surface area contributed by atoms with Crippen LogP contribution in [0.25, 0.3) is 0 Å². The van der Waals surface area contributed by atoms with E-state index in [1.54, 1.807) is 0 Å². The van der Waals surface area contributed by atoms with Gasteiger partial charge in [-0.25, -0.2) is 0 Å². The number of aliphatic hydroxyl groups excluding tert-OH is 9. The van der Waals surface area contributed by atoms with Crippen LogP contribution in [0.1, 0.15) is 44.3 Å².